The number of aryl methyl sites for hydroxylation is 1. The SMILES string of the molecule is Cc1cccc2nc(CN3CC[C@@]4(C3)NC(=O)N(C(C)C)C4=O)cn12. The summed E-state index contributed by atoms with van der Waals surface area (Å²) >= 11 is 0. The van der Waals surface area contributed by atoms with Crippen LogP contribution in [-0.4, -0.2) is 55.8 Å². The van der Waals surface area contributed by atoms with E-state index >= 15 is 0 Å². The molecular weight excluding hydrogens is 318 g/mol. The molecular formula is C18H23N5O2. The molecule has 4 rings (SSSR count). The summed E-state index contributed by atoms with van der Waals surface area (Å²) in [5.74, 6) is -0.0964. The maximum atomic E-state index is 12.8. The number of pyridine rings is 1. The standard InChI is InChI=1S/C18H23N5O2/c1-12(2)23-16(24)18(20-17(23)25)7-8-21(11-18)9-14-10-22-13(3)5-4-6-15(22)19-14/h4-6,10,12H,7-9,11H2,1-3H3,(H,20,25)/t18-/m0/s1. The van der Waals surface area contributed by atoms with Crippen molar-refractivity contribution in [3.05, 3.63) is 35.8 Å². The third-order valence-electron chi connectivity index (χ3n) is 5.19. The number of urea groups is 1. The van der Waals surface area contributed by atoms with Crippen molar-refractivity contribution in [3.63, 3.8) is 0 Å². The minimum Gasteiger partial charge on any atom is -0.322 e. The van der Waals surface area contributed by atoms with Crippen molar-refractivity contribution >= 4 is 17.6 Å². The number of carbonyl (C=O) groups is 2. The van der Waals surface area contributed by atoms with Crippen LogP contribution in [0.4, 0.5) is 4.79 Å². The molecule has 2 aliphatic rings. The van der Waals surface area contributed by atoms with E-state index in [2.05, 4.69) is 32.6 Å². The highest BCUT2D eigenvalue weighted by Gasteiger charge is 2.55. The van der Waals surface area contributed by atoms with Crippen LogP contribution in [0.5, 0.6) is 0 Å². The molecule has 1 N–H and O–H groups in total. The molecule has 0 saturated carbocycles. The van der Waals surface area contributed by atoms with E-state index in [4.69, 9.17) is 0 Å². The van der Waals surface area contributed by atoms with Crippen molar-refractivity contribution in [2.24, 2.45) is 0 Å². The van der Waals surface area contributed by atoms with Crippen LogP contribution in [0, 0.1) is 6.92 Å². The Hall–Kier alpha value is -2.41. The van der Waals surface area contributed by atoms with Gasteiger partial charge in [0.25, 0.3) is 5.91 Å². The second kappa shape index (κ2) is 5.56. The lowest BCUT2D eigenvalue weighted by Crippen LogP contribution is -2.49. The maximum Gasteiger partial charge on any atom is 0.325 e. The number of aromatic nitrogens is 2. The molecule has 7 nitrogen and oxygen atoms in total. The van der Waals surface area contributed by atoms with Crippen LogP contribution < -0.4 is 5.32 Å². The van der Waals surface area contributed by atoms with Crippen LogP contribution in [0.2, 0.25) is 0 Å². The van der Waals surface area contributed by atoms with Crippen molar-refractivity contribution in [2.75, 3.05) is 13.1 Å². The van der Waals surface area contributed by atoms with Gasteiger partial charge in [0.05, 0.1) is 5.69 Å². The van der Waals surface area contributed by atoms with Crippen molar-refractivity contribution in [1.29, 1.82) is 0 Å². The quantitative estimate of drug-likeness (QED) is 0.860. The van der Waals surface area contributed by atoms with Gasteiger partial charge >= 0.3 is 6.03 Å². The zero-order chi connectivity index (χ0) is 17.8. The first-order valence-electron chi connectivity index (χ1n) is 8.71. The molecule has 1 atom stereocenters. The van der Waals surface area contributed by atoms with Crippen LogP contribution in [0.15, 0.2) is 24.4 Å². The zero-order valence-corrected chi connectivity index (χ0v) is 14.8. The fourth-order valence-corrected chi connectivity index (χ4v) is 3.91. The molecule has 0 unspecified atom stereocenters. The smallest absolute Gasteiger partial charge is 0.322 e. The van der Waals surface area contributed by atoms with E-state index in [9.17, 15) is 9.59 Å². The Morgan fingerprint density at radius 2 is 2.12 bits per heavy atom. The van der Waals surface area contributed by atoms with E-state index in [1.165, 1.54) is 4.90 Å². The number of amides is 3. The highest BCUT2D eigenvalue weighted by Crippen LogP contribution is 2.30. The summed E-state index contributed by atoms with van der Waals surface area (Å²) in [4.78, 5) is 33.1. The first-order valence-corrected chi connectivity index (χ1v) is 8.71. The fourth-order valence-electron chi connectivity index (χ4n) is 3.91. The first kappa shape index (κ1) is 16.1. The van der Waals surface area contributed by atoms with E-state index in [-0.39, 0.29) is 18.0 Å². The lowest BCUT2D eigenvalue weighted by Gasteiger charge is -2.23. The zero-order valence-electron chi connectivity index (χ0n) is 14.8. The Labute approximate surface area is 146 Å². The summed E-state index contributed by atoms with van der Waals surface area (Å²) in [6, 6.07) is 5.65. The molecule has 2 aromatic rings. The Kier molecular flexibility index (Phi) is 3.57. The second-order valence-corrected chi connectivity index (χ2v) is 7.37. The third-order valence-corrected chi connectivity index (χ3v) is 5.19. The van der Waals surface area contributed by atoms with E-state index < -0.39 is 5.54 Å². The summed E-state index contributed by atoms with van der Waals surface area (Å²) in [5.41, 5.74) is 2.28. The van der Waals surface area contributed by atoms with Crippen LogP contribution in [0.3, 0.4) is 0 Å². The van der Waals surface area contributed by atoms with E-state index in [0.717, 1.165) is 23.6 Å². The number of rotatable bonds is 3. The molecule has 2 aromatic heterocycles. The van der Waals surface area contributed by atoms with E-state index in [1.54, 1.807) is 0 Å². The van der Waals surface area contributed by atoms with Gasteiger partial charge in [-0.1, -0.05) is 6.07 Å². The third kappa shape index (κ3) is 2.50. The number of fused-ring (bicyclic) bond motifs is 1. The van der Waals surface area contributed by atoms with Crippen molar-refractivity contribution in [1.82, 2.24) is 24.5 Å². The summed E-state index contributed by atoms with van der Waals surface area (Å²) in [6.07, 6.45) is 2.69. The predicted octanol–water partition coefficient (Wildman–Crippen LogP) is 1.55. The van der Waals surface area contributed by atoms with E-state index in [0.29, 0.717) is 19.5 Å². The number of nitrogens with zero attached hydrogens (tertiary/aromatic N) is 4. The van der Waals surface area contributed by atoms with Crippen molar-refractivity contribution in [3.8, 4) is 0 Å². The molecule has 25 heavy (non-hydrogen) atoms. The second-order valence-electron chi connectivity index (χ2n) is 7.37. The molecule has 0 radical (unpaired) electrons. The summed E-state index contributed by atoms with van der Waals surface area (Å²) in [5, 5.41) is 2.93. The first-order chi connectivity index (χ1) is 11.9. The van der Waals surface area contributed by atoms with Gasteiger partial charge in [-0.2, -0.15) is 0 Å². The topological polar surface area (TPSA) is 70.0 Å². The van der Waals surface area contributed by atoms with E-state index in [1.807, 2.05) is 32.2 Å². The number of likely N-dealkylation sites (tertiary alicyclic amines) is 1. The summed E-state index contributed by atoms with van der Waals surface area (Å²) < 4.78 is 2.07. The summed E-state index contributed by atoms with van der Waals surface area (Å²) in [6.45, 7) is 7.76. The van der Waals surface area contributed by atoms with Gasteiger partial charge in [-0.3, -0.25) is 14.6 Å². The Bertz CT molecular complexity index is 858. The minimum atomic E-state index is -0.767. The minimum absolute atomic E-state index is 0.0964. The molecule has 132 valence electrons. The highest BCUT2D eigenvalue weighted by molar-refractivity contribution is 6.07. The normalized spacial score (nSPS) is 24.2. The molecule has 1 spiro atoms. The molecule has 0 aromatic carbocycles. The van der Waals surface area contributed by atoms with Gasteiger partial charge in [0, 0.05) is 37.6 Å². The van der Waals surface area contributed by atoms with Gasteiger partial charge in [-0.05, 0) is 39.3 Å². The Balaban J connectivity index is 1.52. The average Bonchev–Trinajstić information content (AvgIpc) is 3.18. The molecule has 4 heterocycles. The van der Waals surface area contributed by atoms with Crippen molar-refractivity contribution in [2.45, 2.75) is 45.3 Å². The number of imidazole rings is 1. The largest absolute Gasteiger partial charge is 0.325 e. The Morgan fingerprint density at radius 1 is 1.32 bits per heavy atom. The molecule has 0 bridgehead atoms. The Morgan fingerprint density at radius 3 is 2.80 bits per heavy atom. The van der Waals surface area contributed by atoms with Gasteiger partial charge in [-0.15, -0.1) is 0 Å². The molecule has 2 saturated heterocycles. The molecule has 3 amide bonds. The molecule has 0 aliphatic carbocycles. The van der Waals surface area contributed by atoms with Crippen LogP contribution >= 0.6 is 0 Å². The van der Waals surface area contributed by atoms with Crippen LogP contribution in [-0.2, 0) is 11.3 Å². The number of imide groups is 1. The monoisotopic (exact) mass is 341 g/mol. The number of hydrogen-bond donors (Lipinski definition) is 1. The van der Waals surface area contributed by atoms with Gasteiger partial charge in [-0.25, -0.2) is 9.78 Å². The molecule has 2 fully saturated rings. The molecule has 7 heteroatoms. The number of nitrogens with one attached hydrogen (secondary N) is 1. The highest BCUT2D eigenvalue weighted by atomic mass is 16.2. The average molecular weight is 341 g/mol. The predicted molar refractivity (Wildman–Crippen MR) is 93.1 cm³/mol. The molecule has 2 aliphatic heterocycles. The van der Waals surface area contributed by atoms with Gasteiger partial charge < -0.3 is 9.72 Å². The van der Waals surface area contributed by atoms with Gasteiger partial charge in [0.2, 0.25) is 0 Å². The maximum absolute atomic E-state index is 12.8. The van der Waals surface area contributed by atoms with Gasteiger partial charge in [0.1, 0.15) is 11.2 Å². The van der Waals surface area contributed by atoms with Gasteiger partial charge in [0.15, 0.2) is 0 Å². The lowest BCUT2D eigenvalue weighted by molar-refractivity contribution is -0.132. The van der Waals surface area contributed by atoms with Crippen molar-refractivity contribution < 1.29 is 9.59 Å². The lowest BCUT2D eigenvalue weighted by atomic mass is 9.98. The number of hydrogen-bond acceptors (Lipinski definition) is 4. The van der Waals surface area contributed by atoms with Crippen LogP contribution in [0.25, 0.3) is 5.65 Å². The fraction of sp³-hybridized carbons (Fsp3) is 0.500. The number of carbonyl (C=O) groups excluding carboxylic acids is 2. The summed E-state index contributed by atoms with van der Waals surface area (Å²) in [7, 11) is 0. The van der Waals surface area contributed by atoms with Crippen LogP contribution in [0.1, 0.15) is 31.7 Å².